The van der Waals surface area contributed by atoms with Gasteiger partial charge in [-0.3, -0.25) is 4.79 Å². The van der Waals surface area contributed by atoms with Crippen LogP contribution in [0.3, 0.4) is 0 Å². The van der Waals surface area contributed by atoms with Crippen molar-refractivity contribution >= 4 is 28.6 Å². The van der Waals surface area contributed by atoms with Crippen LogP contribution in [0, 0.1) is 10.6 Å². The molecule has 1 aromatic heterocycles. The number of aromatic nitrogens is 1. The first-order valence-corrected chi connectivity index (χ1v) is 5.15. The third kappa shape index (κ3) is 3.08. The first kappa shape index (κ1) is 12.3. The Kier molecular flexibility index (Phi) is 3.95. The first-order chi connectivity index (χ1) is 6.91. The average molecular weight is 327 g/mol. The van der Waals surface area contributed by atoms with E-state index in [0.29, 0.717) is 5.69 Å². The Morgan fingerprint density at radius 1 is 1.67 bits per heavy atom. The maximum Gasteiger partial charge on any atom is 0.307 e. The monoisotopic (exact) mass is 327 g/mol. The molecule has 0 amide bonds. The lowest BCUT2D eigenvalue weighted by atomic mass is 10.1. The van der Waals surface area contributed by atoms with E-state index in [4.69, 9.17) is 5.11 Å². The summed E-state index contributed by atoms with van der Waals surface area (Å²) in [5, 5.41) is 8.59. The molecule has 0 saturated heterocycles. The predicted octanol–water partition coefficient (Wildman–Crippen LogP) is 2.56. The molecule has 6 heteroatoms. The van der Waals surface area contributed by atoms with E-state index in [9.17, 15) is 13.6 Å². The molecule has 0 saturated carbocycles. The molecule has 1 heterocycles. The van der Waals surface area contributed by atoms with Crippen LogP contribution in [0.5, 0.6) is 0 Å². The van der Waals surface area contributed by atoms with Crippen molar-refractivity contribution in [3.05, 3.63) is 26.6 Å². The molecule has 0 fully saturated rings. The first-order valence-electron chi connectivity index (χ1n) is 4.07. The fourth-order valence-electron chi connectivity index (χ4n) is 1.25. The van der Waals surface area contributed by atoms with Crippen LogP contribution in [0.25, 0.3) is 0 Å². The summed E-state index contributed by atoms with van der Waals surface area (Å²) in [6, 6.07) is 1.39. The predicted molar refractivity (Wildman–Crippen MR) is 58.0 cm³/mol. The van der Waals surface area contributed by atoms with Crippen LogP contribution in [-0.2, 0) is 11.2 Å². The van der Waals surface area contributed by atoms with Gasteiger partial charge in [-0.25, -0.2) is 13.8 Å². The van der Waals surface area contributed by atoms with Crippen molar-refractivity contribution in [1.82, 2.24) is 4.98 Å². The van der Waals surface area contributed by atoms with E-state index in [1.807, 2.05) is 0 Å². The molecular weight excluding hydrogens is 319 g/mol. The normalized spacial score (nSPS) is 10.7. The van der Waals surface area contributed by atoms with Crippen LogP contribution in [0.15, 0.2) is 6.07 Å². The van der Waals surface area contributed by atoms with Gasteiger partial charge in [0.25, 0.3) is 6.43 Å². The summed E-state index contributed by atoms with van der Waals surface area (Å²) in [5.41, 5.74) is 0.401. The summed E-state index contributed by atoms with van der Waals surface area (Å²) in [4.78, 5) is 14.4. The number of carboxylic acid groups (broad SMARTS) is 1. The van der Waals surface area contributed by atoms with E-state index in [1.54, 1.807) is 29.5 Å². The number of halogens is 3. The minimum atomic E-state index is -2.70. The van der Waals surface area contributed by atoms with Crippen LogP contribution in [0.2, 0.25) is 0 Å². The Morgan fingerprint density at radius 3 is 2.73 bits per heavy atom. The summed E-state index contributed by atoms with van der Waals surface area (Å²) in [7, 11) is 0. The molecule has 0 aliphatic rings. The van der Waals surface area contributed by atoms with Crippen molar-refractivity contribution in [1.29, 1.82) is 0 Å². The lowest BCUT2D eigenvalue weighted by Gasteiger charge is -2.09. The summed E-state index contributed by atoms with van der Waals surface area (Å²) < 4.78 is 25.4. The molecule has 3 nitrogen and oxygen atoms in total. The van der Waals surface area contributed by atoms with Crippen LogP contribution in [0.1, 0.15) is 23.2 Å². The zero-order chi connectivity index (χ0) is 11.6. The fraction of sp³-hybridized carbons (Fsp3) is 0.333. The Hall–Kier alpha value is -0.790. The lowest BCUT2D eigenvalue weighted by molar-refractivity contribution is -0.136. The summed E-state index contributed by atoms with van der Waals surface area (Å²) >= 11 is 1.69. The van der Waals surface area contributed by atoms with Gasteiger partial charge in [-0.1, -0.05) is 0 Å². The van der Waals surface area contributed by atoms with Crippen molar-refractivity contribution in [2.45, 2.75) is 19.8 Å². The van der Waals surface area contributed by atoms with Gasteiger partial charge in [0.2, 0.25) is 0 Å². The van der Waals surface area contributed by atoms with Crippen LogP contribution in [0.4, 0.5) is 8.78 Å². The Morgan fingerprint density at radius 2 is 2.27 bits per heavy atom. The quantitative estimate of drug-likeness (QED) is 0.686. The number of carbonyl (C=O) groups is 1. The highest BCUT2D eigenvalue weighted by Crippen LogP contribution is 2.27. The van der Waals surface area contributed by atoms with Gasteiger partial charge in [0.15, 0.2) is 0 Å². The number of hydrogen-bond acceptors (Lipinski definition) is 2. The number of carboxylic acids is 1. The maximum atomic E-state index is 12.6. The van der Waals surface area contributed by atoms with Gasteiger partial charge in [0.1, 0.15) is 3.70 Å². The molecule has 15 heavy (non-hydrogen) atoms. The number of alkyl halides is 2. The molecule has 0 unspecified atom stereocenters. The SMILES string of the molecule is Cc1cc(CC(=O)O)c(C(F)F)c(I)n1. The topological polar surface area (TPSA) is 50.2 Å². The van der Waals surface area contributed by atoms with Crippen molar-refractivity contribution in [2.24, 2.45) is 0 Å². The third-order valence-electron chi connectivity index (χ3n) is 1.79. The molecule has 0 bridgehead atoms. The maximum absolute atomic E-state index is 12.6. The zero-order valence-corrected chi connectivity index (χ0v) is 9.96. The van der Waals surface area contributed by atoms with E-state index < -0.39 is 18.8 Å². The molecule has 0 atom stereocenters. The molecule has 82 valence electrons. The Balaban J connectivity index is 3.26. The van der Waals surface area contributed by atoms with Gasteiger partial charge in [0, 0.05) is 5.69 Å². The molecule has 0 spiro atoms. The van der Waals surface area contributed by atoms with E-state index in [0.717, 1.165) is 0 Å². The third-order valence-corrected chi connectivity index (χ3v) is 2.61. The van der Waals surface area contributed by atoms with Crippen LogP contribution in [-0.4, -0.2) is 16.1 Å². The van der Waals surface area contributed by atoms with Gasteiger partial charge in [-0.05, 0) is 41.1 Å². The molecule has 1 rings (SSSR count). The van der Waals surface area contributed by atoms with E-state index in [2.05, 4.69) is 4.98 Å². The van der Waals surface area contributed by atoms with Crippen molar-refractivity contribution in [3.8, 4) is 0 Å². The van der Waals surface area contributed by atoms with Crippen LogP contribution < -0.4 is 0 Å². The highest BCUT2D eigenvalue weighted by molar-refractivity contribution is 14.1. The molecule has 0 radical (unpaired) electrons. The van der Waals surface area contributed by atoms with Crippen molar-refractivity contribution in [2.75, 3.05) is 0 Å². The highest BCUT2D eigenvalue weighted by Gasteiger charge is 2.19. The van der Waals surface area contributed by atoms with Gasteiger partial charge >= 0.3 is 5.97 Å². The lowest BCUT2D eigenvalue weighted by Crippen LogP contribution is -2.08. The average Bonchev–Trinajstić information content (AvgIpc) is 1.99. The summed E-state index contributed by atoms with van der Waals surface area (Å²) in [6.07, 6.45) is -3.10. The summed E-state index contributed by atoms with van der Waals surface area (Å²) in [6.45, 7) is 1.64. The van der Waals surface area contributed by atoms with Gasteiger partial charge in [-0.2, -0.15) is 0 Å². The van der Waals surface area contributed by atoms with E-state index in [-0.39, 0.29) is 14.8 Å². The fourth-order valence-corrected chi connectivity index (χ4v) is 2.21. The van der Waals surface area contributed by atoms with Crippen molar-refractivity contribution in [3.63, 3.8) is 0 Å². The molecule has 0 aliphatic heterocycles. The zero-order valence-electron chi connectivity index (χ0n) is 7.80. The number of aliphatic carboxylic acids is 1. The van der Waals surface area contributed by atoms with Gasteiger partial charge < -0.3 is 5.11 Å². The second-order valence-electron chi connectivity index (χ2n) is 3.00. The molecule has 1 N–H and O–H groups in total. The number of pyridine rings is 1. The number of rotatable bonds is 3. The second kappa shape index (κ2) is 4.82. The van der Waals surface area contributed by atoms with Crippen molar-refractivity contribution < 1.29 is 18.7 Å². The molecule has 0 aromatic carbocycles. The highest BCUT2D eigenvalue weighted by atomic mass is 127. The molecular formula is C9H8F2INO2. The van der Waals surface area contributed by atoms with Crippen LogP contribution >= 0.6 is 22.6 Å². The van der Waals surface area contributed by atoms with Gasteiger partial charge in [-0.15, -0.1) is 0 Å². The largest absolute Gasteiger partial charge is 0.481 e. The summed E-state index contributed by atoms with van der Waals surface area (Å²) in [5.74, 6) is -1.13. The minimum Gasteiger partial charge on any atom is -0.481 e. The Bertz CT molecular complexity index is 396. The van der Waals surface area contributed by atoms with Gasteiger partial charge in [0.05, 0.1) is 12.0 Å². The number of aryl methyl sites for hydroxylation is 1. The van der Waals surface area contributed by atoms with E-state index in [1.165, 1.54) is 6.07 Å². The minimum absolute atomic E-state index is 0.134. The second-order valence-corrected chi connectivity index (χ2v) is 4.02. The van der Waals surface area contributed by atoms with E-state index >= 15 is 0 Å². The number of hydrogen-bond donors (Lipinski definition) is 1. The molecule has 1 aromatic rings. The molecule has 0 aliphatic carbocycles. The standard InChI is InChI=1S/C9H8F2INO2/c1-4-2-5(3-6(14)15)7(8(10)11)9(12)13-4/h2,8H,3H2,1H3,(H,14,15). The smallest absolute Gasteiger partial charge is 0.307 e. The Labute approximate surface area is 98.7 Å². The number of nitrogens with zero attached hydrogens (tertiary/aromatic N) is 1.